The molecule has 0 aromatic carbocycles. The monoisotopic (exact) mass is 227 g/mol. The zero-order valence-corrected chi connectivity index (χ0v) is 8.36. The molecule has 0 saturated heterocycles. The fourth-order valence-electron chi connectivity index (χ4n) is 1.37. The Morgan fingerprint density at radius 3 is 2.56 bits per heavy atom. The standard InChI is InChI=1S/C10H8F3N3/c1-16-6-8(10(11,12)13)15-9(16)7-3-2-4-14-5-7/h2-6H,1H3. The molecule has 0 aliphatic carbocycles. The minimum atomic E-state index is -4.42. The van der Waals surface area contributed by atoms with Gasteiger partial charge in [0.1, 0.15) is 5.82 Å². The molecule has 0 aliphatic heterocycles. The number of hydrogen-bond acceptors (Lipinski definition) is 2. The Kier molecular flexibility index (Phi) is 2.41. The average Bonchev–Trinajstić information content (AvgIpc) is 2.61. The van der Waals surface area contributed by atoms with Gasteiger partial charge < -0.3 is 4.57 Å². The first-order chi connectivity index (χ1) is 7.48. The molecule has 16 heavy (non-hydrogen) atoms. The number of alkyl halides is 3. The van der Waals surface area contributed by atoms with Crippen LogP contribution in [0.1, 0.15) is 5.69 Å². The highest BCUT2D eigenvalue weighted by atomic mass is 19.4. The van der Waals surface area contributed by atoms with Crippen molar-refractivity contribution in [1.82, 2.24) is 14.5 Å². The molecular formula is C10H8F3N3. The molecule has 84 valence electrons. The molecule has 2 heterocycles. The number of aryl methyl sites for hydroxylation is 1. The van der Waals surface area contributed by atoms with Crippen LogP contribution in [-0.2, 0) is 13.2 Å². The largest absolute Gasteiger partial charge is 0.434 e. The van der Waals surface area contributed by atoms with Gasteiger partial charge >= 0.3 is 6.18 Å². The minimum absolute atomic E-state index is 0.250. The third-order valence-corrected chi connectivity index (χ3v) is 2.09. The van der Waals surface area contributed by atoms with E-state index in [1.165, 1.54) is 17.8 Å². The highest BCUT2D eigenvalue weighted by Gasteiger charge is 2.34. The molecule has 0 fully saturated rings. The van der Waals surface area contributed by atoms with Crippen molar-refractivity contribution in [1.29, 1.82) is 0 Å². The Balaban J connectivity index is 2.48. The first-order valence-corrected chi connectivity index (χ1v) is 4.49. The third-order valence-electron chi connectivity index (χ3n) is 2.09. The van der Waals surface area contributed by atoms with Crippen molar-refractivity contribution in [2.24, 2.45) is 7.05 Å². The number of aromatic nitrogens is 3. The normalized spacial score (nSPS) is 11.8. The van der Waals surface area contributed by atoms with Crippen LogP contribution in [0, 0.1) is 0 Å². The molecule has 0 spiro atoms. The van der Waals surface area contributed by atoms with E-state index in [9.17, 15) is 13.2 Å². The second-order valence-electron chi connectivity index (χ2n) is 3.30. The van der Waals surface area contributed by atoms with Gasteiger partial charge in [0.25, 0.3) is 0 Å². The third kappa shape index (κ3) is 1.91. The Hall–Kier alpha value is -1.85. The van der Waals surface area contributed by atoms with Crippen LogP contribution in [0.4, 0.5) is 13.2 Å². The number of rotatable bonds is 1. The summed E-state index contributed by atoms with van der Waals surface area (Å²) < 4.78 is 38.5. The lowest BCUT2D eigenvalue weighted by atomic mass is 10.3. The smallest absolute Gasteiger partial charge is 0.333 e. The van der Waals surface area contributed by atoms with E-state index in [0.29, 0.717) is 5.56 Å². The first-order valence-electron chi connectivity index (χ1n) is 4.49. The van der Waals surface area contributed by atoms with Crippen LogP contribution in [-0.4, -0.2) is 14.5 Å². The van der Waals surface area contributed by atoms with Gasteiger partial charge in [0.15, 0.2) is 5.69 Å². The molecule has 2 aromatic rings. The summed E-state index contributed by atoms with van der Waals surface area (Å²) in [6, 6.07) is 3.31. The topological polar surface area (TPSA) is 30.7 Å². The highest BCUT2D eigenvalue weighted by Crippen LogP contribution is 2.30. The molecule has 2 aromatic heterocycles. The summed E-state index contributed by atoms with van der Waals surface area (Å²) in [5.41, 5.74) is -0.339. The molecule has 0 radical (unpaired) electrons. The first kappa shape index (κ1) is 10.7. The van der Waals surface area contributed by atoms with E-state index in [-0.39, 0.29) is 5.82 Å². The predicted octanol–water partition coefficient (Wildman–Crippen LogP) is 2.50. The van der Waals surface area contributed by atoms with Crippen molar-refractivity contribution < 1.29 is 13.2 Å². The molecule has 0 saturated carbocycles. The molecule has 3 nitrogen and oxygen atoms in total. The lowest BCUT2D eigenvalue weighted by Crippen LogP contribution is -2.04. The van der Waals surface area contributed by atoms with Crippen molar-refractivity contribution in [2.75, 3.05) is 0 Å². The number of halogens is 3. The molecule has 0 N–H and O–H groups in total. The number of imidazole rings is 1. The zero-order valence-electron chi connectivity index (χ0n) is 8.36. The van der Waals surface area contributed by atoms with Crippen molar-refractivity contribution in [3.8, 4) is 11.4 Å². The van der Waals surface area contributed by atoms with Crippen LogP contribution in [0.15, 0.2) is 30.7 Å². The van der Waals surface area contributed by atoms with Crippen LogP contribution in [0.2, 0.25) is 0 Å². The molecule has 0 atom stereocenters. The van der Waals surface area contributed by atoms with Gasteiger partial charge in [0, 0.05) is 31.2 Å². The van der Waals surface area contributed by atoms with E-state index < -0.39 is 11.9 Å². The summed E-state index contributed by atoms with van der Waals surface area (Å²) in [4.78, 5) is 7.39. The Bertz CT molecular complexity index is 488. The molecule has 6 heteroatoms. The number of pyridine rings is 1. The molecular weight excluding hydrogens is 219 g/mol. The maximum absolute atomic E-state index is 12.4. The van der Waals surface area contributed by atoms with E-state index >= 15 is 0 Å². The minimum Gasteiger partial charge on any atom is -0.333 e. The second-order valence-corrected chi connectivity index (χ2v) is 3.30. The molecule has 0 bridgehead atoms. The van der Waals surface area contributed by atoms with Gasteiger partial charge in [0.05, 0.1) is 0 Å². The molecule has 0 aliphatic rings. The maximum Gasteiger partial charge on any atom is 0.434 e. The lowest BCUT2D eigenvalue weighted by Gasteiger charge is -1.99. The Labute approximate surface area is 89.6 Å². The summed E-state index contributed by atoms with van der Waals surface area (Å²) in [5.74, 6) is 0.250. The summed E-state index contributed by atoms with van der Waals surface area (Å²) >= 11 is 0. The second kappa shape index (κ2) is 3.62. The average molecular weight is 227 g/mol. The Morgan fingerprint density at radius 2 is 2.06 bits per heavy atom. The van der Waals surface area contributed by atoms with Gasteiger partial charge in [-0.05, 0) is 12.1 Å². The van der Waals surface area contributed by atoms with Gasteiger partial charge in [-0.15, -0.1) is 0 Å². The zero-order chi connectivity index (χ0) is 11.8. The van der Waals surface area contributed by atoms with Crippen molar-refractivity contribution in [3.63, 3.8) is 0 Å². The van der Waals surface area contributed by atoms with Gasteiger partial charge in [0.2, 0.25) is 0 Å². The lowest BCUT2D eigenvalue weighted by molar-refractivity contribution is -0.140. The summed E-state index contributed by atoms with van der Waals surface area (Å²) in [6.45, 7) is 0. The summed E-state index contributed by atoms with van der Waals surface area (Å²) in [6.07, 6.45) is -0.430. The SMILES string of the molecule is Cn1cc(C(F)(F)F)nc1-c1cccnc1. The van der Waals surface area contributed by atoms with Gasteiger partial charge in [-0.3, -0.25) is 4.98 Å². The summed E-state index contributed by atoms with van der Waals surface area (Å²) in [5, 5.41) is 0. The van der Waals surface area contributed by atoms with Crippen LogP contribution < -0.4 is 0 Å². The van der Waals surface area contributed by atoms with E-state index in [2.05, 4.69) is 9.97 Å². The maximum atomic E-state index is 12.4. The van der Waals surface area contributed by atoms with Crippen molar-refractivity contribution in [3.05, 3.63) is 36.4 Å². The van der Waals surface area contributed by atoms with Crippen molar-refractivity contribution in [2.45, 2.75) is 6.18 Å². The fourth-order valence-corrected chi connectivity index (χ4v) is 1.37. The molecule has 0 unspecified atom stereocenters. The van der Waals surface area contributed by atoms with Crippen LogP contribution >= 0.6 is 0 Å². The molecule has 0 amide bonds. The van der Waals surface area contributed by atoms with Crippen LogP contribution in [0.25, 0.3) is 11.4 Å². The van der Waals surface area contributed by atoms with Crippen molar-refractivity contribution >= 4 is 0 Å². The van der Waals surface area contributed by atoms with E-state index in [1.54, 1.807) is 18.3 Å². The van der Waals surface area contributed by atoms with Crippen LogP contribution in [0.5, 0.6) is 0 Å². The number of hydrogen-bond donors (Lipinski definition) is 0. The van der Waals surface area contributed by atoms with Gasteiger partial charge in [-0.25, -0.2) is 4.98 Å². The predicted molar refractivity (Wildman–Crippen MR) is 51.4 cm³/mol. The van der Waals surface area contributed by atoms with E-state index in [4.69, 9.17) is 0 Å². The quantitative estimate of drug-likeness (QED) is 0.749. The Morgan fingerprint density at radius 1 is 1.31 bits per heavy atom. The van der Waals surface area contributed by atoms with Crippen LogP contribution in [0.3, 0.4) is 0 Å². The molecule has 2 rings (SSSR count). The summed E-state index contributed by atoms with van der Waals surface area (Å²) in [7, 11) is 1.52. The number of nitrogens with zero attached hydrogens (tertiary/aromatic N) is 3. The highest BCUT2D eigenvalue weighted by molar-refractivity contribution is 5.54. The van der Waals surface area contributed by atoms with E-state index in [1.807, 2.05) is 0 Å². The van der Waals surface area contributed by atoms with Gasteiger partial charge in [-0.2, -0.15) is 13.2 Å². The fraction of sp³-hybridized carbons (Fsp3) is 0.200. The van der Waals surface area contributed by atoms with Gasteiger partial charge in [-0.1, -0.05) is 0 Å². The van der Waals surface area contributed by atoms with E-state index in [0.717, 1.165) is 6.20 Å².